The number of hydrogen-bond donors (Lipinski definition) is 1. The number of nitrogens with zero attached hydrogens (tertiary/aromatic N) is 1. The van der Waals surface area contributed by atoms with Crippen LogP contribution in [-0.2, 0) is 23.7 Å². The standard InChI is InChI=1S/C8H16NO6PS.Li.H/c1-3-14-16(10,15-4-2)8(6-5-7-9)17(11,12)13;;/h8H,3-6H2,1-2H3,(H,11,12,13);;/q;+1;-1. The number of nitriles is 1. The minimum Gasteiger partial charge on any atom is -1.00 e. The molecule has 0 heterocycles. The normalized spacial score (nSPS) is 13.4. The van der Waals surface area contributed by atoms with E-state index in [1.807, 2.05) is 0 Å². The van der Waals surface area contributed by atoms with Gasteiger partial charge < -0.3 is 10.5 Å². The summed E-state index contributed by atoms with van der Waals surface area (Å²) >= 11 is 0. The van der Waals surface area contributed by atoms with Gasteiger partial charge in [0.25, 0.3) is 10.1 Å². The maximum Gasteiger partial charge on any atom is 1.00 e. The number of rotatable bonds is 8. The zero-order valence-corrected chi connectivity index (χ0v) is 12.4. The van der Waals surface area contributed by atoms with E-state index < -0.39 is 22.7 Å². The minimum atomic E-state index is -4.60. The summed E-state index contributed by atoms with van der Waals surface area (Å²) in [7, 11) is -8.57. The third-order valence-corrected chi connectivity index (χ3v) is 6.51. The fraction of sp³-hybridized carbons (Fsp3) is 0.875. The van der Waals surface area contributed by atoms with Crippen LogP contribution in [0, 0.1) is 11.3 Å². The van der Waals surface area contributed by atoms with Crippen molar-refractivity contribution in [2.75, 3.05) is 13.2 Å². The average Bonchev–Trinajstić information content (AvgIpc) is 2.16. The third-order valence-electron chi connectivity index (χ3n) is 1.82. The van der Waals surface area contributed by atoms with E-state index in [9.17, 15) is 13.0 Å². The Labute approximate surface area is 121 Å². The molecule has 1 atom stereocenters. The number of hydrogen-bond acceptors (Lipinski definition) is 6. The Kier molecular flexibility index (Phi) is 10.4. The molecule has 0 aliphatic heterocycles. The first-order chi connectivity index (χ1) is 7.81. The molecule has 0 aromatic rings. The van der Waals surface area contributed by atoms with Gasteiger partial charge in [-0.3, -0.25) is 9.12 Å². The molecule has 7 nitrogen and oxygen atoms in total. The Balaban J connectivity index is -0.00000128. The molecule has 1 N–H and O–H groups in total. The van der Waals surface area contributed by atoms with Gasteiger partial charge in [0.15, 0.2) is 4.99 Å². The van der Waals surface area contributed by atoms with Crippen LogP contribution in [0.25, 0.3) is 0 Å². The van der Waals surface area contributed by atoms with Crippen LogP contribution in [0.3, 0.4) is 0 Å². The summed E-state index contributed by atoms with van der Waals surface area (Å²) in [5, 5.41) is 8.41. The molecule has 10 heteroatoms. The van der Waals surface area contributed by atoms with E-state index in [2.05, 4.69) is 0 Å². The fourth-order valence-corrected chi connectivity index (χ4v) is 4.88. The summed E-state index contributed by atoms with van der Waals surface area (Å²) in [4.78, 5) is -1.71. The minimum absolute atomic E-state index is 0. The van der Waals surface area contributed by atoms with E-state index in [1.165, 1.54) is 13.8 Å². The van der Waals surface area contributed by atoms with Crippen LogP contribution in [0.2, 0.25) is 0 Å². The Morgan fingerprint density at radius 3 is 2.11 bits per heavy atom. The third kappa shape index (κ3) is 6.35. The Bertz CT molecular complexity index is 415. The van der Waals surface area contributed by atoms with Gasteiger partial charge in [0.1, 0.15) is 0 Å². The zero-order chi connectivity index (χ0) is 13.5. The summed E-state index contributed by atoms with van der Waals surface area (Å²) in [6.45, 7) is 3.01. The second-order valence-corrected chi connectivity index (χ2v) is 7.21. The molecule has 0 radical (unpaired) electrons. The predicted octanol–water partition coefficient (Wildman–Crippen LogP) is -1.11. The molecule has 0 saturated heterocycles. The van der Waals surface area contributed by atoms with E-state index in [4.69, 9.17) is 18.9 Å². The van der Waals surface area contributed by atoms with Crippen molar-refractivity contribution in [1.82, 2.24) is 0 Å². The molecule has 0 rings (SSSR count). The molecular formula is C8H17LiNO6PS. The second kappa shape index (κ2) is 9.12. The van der Waals surface area contributed by atoms with Gasteiger partial charge >= 0.3 is 26.5 Å². The SMILES string of the molecule is CCOP(=O)(OCC)C(CCC#N)S(=O)(=O)O.[H-].[Li+]. The molecule has 0 amide bonds. The maximum atomic E-state index is 12.2. The van der Waals surface area contributed by atoms with Gasteiger partial charge in [-0.25, -0.2) is 0 Å². The Morgan fingerprint density at radius 2 is 1.83 bits per heavy atom. The van der Waals surface area contributed by atoms with Crippen molar-refractivity contribution in [3.8, 4) is 6.07 Å². The van der Waals surface area contributed by atoms with Gasteiger partial charge in [-0.15, -0.1) is 0 Å². The van der Waals surface area contributed by atoms with Crippen molar-refractivity contribution in [3.05, 3.63) is 0 Å². The van der Waals surface area contributed by atoms with Crippen LogP contribution in [-0.4, -0.2) is 31.2 Å². The first-order valence-electron chi connectivity index (χ1n) is 5.03. The zero-order valence-electron chi connectivity index (χ0n) is 11.7. The summed E-state index contributed by atoms with van der Waals surface area (Å²) in [5.41, 5.74) is 0. The topological polar surface area (TPSA) is 114 Å². The van der Waals surface area contributed by atoms with Crippen molar-refractivity contribution < 1.29 is 46.9 Å². The molecule has 0 aliphatic rings. The molecule has 0 aromatic carbocycles. The molecule has 0 saturated carbocycles. The molecule has 1 unspecified atom stereocenters. The van der Waals surface area contributed by atoms with Crippen molar-refractivity contribution in [2.24, 2.45) is 0 Å². The van der Waals surface area contributed by atoms with Gasteiger partial charge in [0, 0.05) is 6.42 Å². The van der Waals surface area contributed by atoms with Crippen LogP contribution >= 0.6 is 7.60 Å². The first-order valence-corrected chi connectivity index (χ1v) is 8.15. The molecule has 0 spiro atoms. The quantitative estimate of drug-likeness (QED) is 0.343. The van der Waals surface area contributed by atoms with Crippen LogP contribution in [0.5, 0.6) is 0 Å². The maximum absolute atomic E-state index is 12.2. The summed E-state index contributed by atoms with van der Waals surface area (Å²) in [6, 6.07) is 1.72. The summed E-state index contributed by atoms with van der Waals surface area (Å²) in [5.74, 6) is 0. The smallest absolute Gasteiger partial charge is 1.00 e. The molecule has 0 aromatic heterocycles. The van der Waals surface area contributed by atoms with Crippen LogP contribution in [0.15, 0.2) is 0 Å². The van der Waals surface area contributed by atoms with Crippen molar-refractivity contribution in [2.45, 2.75) is 31.7 Å². The molecule has 102 valence electrons. The second-order valence-electron chi connectivity index (χ2n) is 3.04. The van der Waals surface area contributed by atoms with E-state index in [-0.39, 0.29) is 46.3 Å². The van der Waals surface area contributed by atoms with Gasteiger partial charge in [0.05, 0.1) is 19.3 Å². The van der Waals surface area contributed by atoms with Gasteiger partial charge in [-0.05, 0) is 20.3 Å². The summed E-state index contributed by atoms with van der Waals surface area (Å²) < 4.78 is 53.2. The van der Waals surface area contributed by atoms with E-state index >= 15 is 0 Å². The molecule has 0 fully saturated rings. The molecule has 0 bridgehead atoms. The van der Waals surface area contributed by atoms with Gasteiger partial charge in [-0.1, -0.05) is 0 Å². The predicted molar refractivity (Wildman–Crippen MR) is 62.2 cm³/mol. The Morgan fingerprint density at radius 1 is 1.39 bits per heavy atom. The first kappa shape index (κ1) is 20.5. The molecule has 18 heavy (non-hydrogen) atoms. The van der Waals surface area contributed by atoms with Crippen LogP contribution in [0.1, 0.15) is 28.1 Å². The van der Waals surface area contributed by atoms with Crippen LogP contribution < -0.4 is 18.9 Å². The van der Waals surface area contributed by atoms with Crippen molar-refractivity contribution in [1.29, 1.82) is 5.26 Å². The van der Waals surface area contributed by atoms with Crippen LogP contribution in [0.4, 0.5) is 0 Å². The van der Waals surface area contributed by atoms with E-state index in [1.54, 1.807) is 6.07 Å². The molecular weight excluding hydrogens is 276 g/mol. The monoisotopic (exact) mass is 293 g/mol. The largest absolute Gasteiger partial charge is 1.00 e. The fourth-order valence-electron chi connectivity index (χ4n) is 1.22. The van der Waals surface area contributed by atoms with Gasteiger partial charge in [-0.2, -0.15) is 13.7 Å². The molecule has 0 aliphatic carbocycles. The Hall–Kier alpha value is 0.147. The van der Waals surface area contributed by atoms with Gasteiger partial charge in [0.2, 0.25) is 0 Å². The average molecular weight is 293 g/mol. The van der Waals surface area contributed by atoms with Crippen molar-refractivity contribution >= 4 is 17.7 Å². The van der Waals surface area contributed by atoms with E-state index in [0.717, 1.165) is 0 Å². The van der Waals surface area contributed by atoms with Crippen molar-refractivity contribution in [3.63, 3.8) is 0 Å². The summed E-state index contributed by atoms with van der Waals surface area (Å²) in [6.07, 6.45) is -0.471. The van der Waals surface area contributed by atoms with E-state index in [0.29, 0.717) is 0 Å².